The molecular formula is C22H18ClN3O2S2. The van der Waals surface area contributed by atoms with Gasteiger partial charge in [0.15, 0.2) is 5.17 Å². The lowest BCUT2D eigenvalue weighted by molar-refractivity contribution is -0.129. The molecule has 1 saturated heterocycles. The first-order valence-electron chi connectivity index (χ1n) is 9.28. The number of aliphatic imine (C=N–C) groups is 1. The van der Waals surface area contributed by atoms with Crippen LogP contribution in [0.4, 0.5) is 11.4 Å². The predicted molar refractivity (Wildman–Crippen MR) is 124 cm³/mol. The van der Waals surface area contributed by atoms with Gasteiger partial charge in [0.05, 0.1) is 12.2 Å². The molecule has 1 unspecified atom stereocenters. The van der Waals surface area contributed by atoms with E-state index >= 15 is 0 Å². The van der Waals surface area contributed by atoms with Crippen molar-refractivity contribution in [3.05, 3.63) is 82.0 Å². The van der Waals surface area contributed by atoms with Crippen LogP contribution in [0.25, 0.3) is 0 Å². The molecule has 0 saturated carbocycles. The number of carbonyl (C=O) groups excluding carboxylic acids is 2. The predicted octanol–water partition coefficient (Wildman–Crippen LogP) is 5.56. The van der Waals surface area contributed by atoms with E-state index in [0.29, 0.717) is 22.4 Å². The Hall–Kier alpha value is -2.61. The SMILES string of the molecule is O=C(Nc1ccc(Cl)cc1)C1CC(=O)N(Cc2cccs2)C(=Nc2ccccc2)S1. The van der Waals surface area contributed by atoms with Crippen molar-refractivity contribution in [2.24, 2.45) is 4.99 Å². The molecule has 1 fully saturated rings. The molecule has 0 spiro atoms. The minimum atomic E-state index is -0.560. The highest BCUT2D eigenvalue weighted by Crippen LogP contribution is 2.31. The van der Waals surface area contributed by atoms with Gasteiger partial charge in [0, 0.05) is 22.0 Å². The number of rotatable bonds is 5. The molecule has 8 heteroatoms. The van der Waals surface area contributed by atoms with Crippen LogP contribution in [0.3, 0.4) is 0 Å². The Morgan fingerprint density at radius 3 is 2.57 bits per heavy atom. The lowest BCUT2D eigenvalue weighted by Crippen LogP contribution is -2.44. The molecule has 30 heavy (non-hydrogen) atoms. The molecule has 1 N–H and O–H groups in total. The van der Waals surface area contributed by atoms with E-state index in [9.17, 15) is 9.59 Å². The van der Waals surface area contributed by atoms with Crippen LogP contribution in [0.5, 0.6) is 0 Å². The molecule has 0 bridgehead atoms. The highest BCUT2D eigenvalue weighted by molar-refractivity contribution is 8.15. The fourth-order valence-electron chi connectivity index (χ4n) is 2.92. The van der Waals surface area contributed by atoms with Gasteiger partial charge in [0.25, 0.3) is 0 Å². The molecule has 152 valence electrons. The van der Waals surface area contributed by atoms with Crippen molar-refractivity contribution in [2.75, 3.05) is 5.32 Å². The summed E-state index contributed by atoms with van der Waals surface area (Å²) >= 11 is 8.81. The number of amides is 2. The second-order valence-corrected chi connectivity index (χ2v) is 9.23. The second kappa shape index (κ2) is 9.47. The van der Waals surface area contributed by atoms with Crippen LogP contribution in [0.15, 0.2) is 77.1 Å². The summed E-state index contributed by atoms with van der Waals surface area (Å²) < 4.78 is 0. The Labute approximate surface area is 187 Å². The minimum absolute atomic E-state index is 0.114. The van der Waals surface area contributed by atoms with Crippen molar-refractivity contribution in [1.82, 2.24) is 4.90 Å². The largest absolute Gasteiger partial charge is 0.325 e. The third-order valence-electron chi connectivity index (χ3n) is 4.42. The molecule has 1 atom stereocenters. The molecule has 4 rings (SSSR count). The summed E-state index contributed by atoms with van der Waals surface area (Å²) in [6.07, 6.45) is 0.114. The van der Waals surface area contributed by atoms with Gasteiger partial charge in [-0.15, -0.1) is 11.3 Å². The molecule has 3 aromatic rings. The summed E-state index contributed by atoms with van der Waals surface area (Å²) in [6, 6.07) is 20.3. The van der Waals surface area contributed by atoms with Gasteiger partial charge in [0.1, 0.15) is 5.25 Å². The Kier molecular flexibility index (Phi) is 6.52. The van der Waals surface area contributed by atoms with Gasteiger partial charge >= 0.3 is 0 Å². The first-order valence-corrected chi connectivity index (χ1v) is 11.4. The van der Waals surface area contributed by atoms with Crippen molar-refractivity contribution in [3.63, 3.8) is 0 Å². The van der Waals surface area contributed by atoms with Crippen molar-refractivity contribution in [1.29, 1.82) is 0 Å². The van der Waals surface area contributed by atoms with Gasteiger partial charge in [0.2, 0.25) is 11.8 Å². The normalized spacial score (nSPS) is 17.9. The lowest BCUT2D eigenvalue weighted by atomic mass is 10.2. The summed E-state index contributed by atoms with van der Waals surface area (Å²) in [5.74, 6) is -0.347. The summed E-state index contributed by atoms with van der Waals surface area (Å²) in [6.45, 7) is 0.445. The first-order chi connectivity index (χ1) is 14.6. The molecule has 5 nitrogen and oxygen atoms in total. The zero-order valence-corrected chi connectivity index (χ0v) is 18.2. The fourth-order valence-corrected chi connectivity index (χ4v) is 4.84. The summed E-state index contributed by atoms with van der Waals surface area (Å²) in [4.78, 5) is 33.2. The van der Waals surface area contributed by atoms with Crippen LogP contribution in [0.2, 0.25) is 5.02 Å². The average Bonchev–Trinajstić information content (AvgIpc) is 3.26. The molecule has 1 aromatic heterocycles. The molecule has 0 aliphatic carbocycles. The third-order valence-corrected chi connectivity index (χ3v) is 6.72. The molecule has 0 radical (unpaired) electrons. The Bertz CT molecular complexity index is 1050. The third kappa shape index (κ3) is 5.11. The van der Waals surface area contributed by atoms with E-state index in [0.717, 1.165) is 10.6 Å². The van der Waals surface area contributed by atoms with Crippen molar-refractivity contribution >= 4 is 63.1 Å². The van der Waals surface area contributed by atoms with Crippen LogP contribution in [0.1, 0.15) is 11.3 Å². The Morgan fingerprint density at radius 1 is 1.10 bits per heavy atom. The van der Waals surface area contributed by atoms with Gasteiger partial charge in [-0.05, 0) is 47.8 Å². The average molecular weight is 456 g/mol. The zero-order valence-electron chi connectivity index (χ0n) is 15.8. The standard InChI is InChI=1S/C22H18ClN3O2S2/c23-15-8-10-17(11-9-15)24-21(28)19-13-20(27)26(14-18-7-4-12-29-18)22(30-19)25-16-5-2-1-3-6-16/h1-12,19H,13-14H2,(H,24,28). The van der Waals surface area contributed by atoms with E-state index in [1.165, 1.54) is 11.8 Å². The number of nitrogens with zero attached hydrogens (tertiary/aromatic N) is 2. The number of amidine groups is 1. The van der Waals surface area contributed by atoms with Gasteiger partial charge in [-0.1, -0.05) is 47.6 Å². The van der Waals surface area contributed by atoms with Crippen LogP contribution < -0.4 is 5.32 Å². The number of benzene rings is 2. The maximum absolute atomic E-state index is 13.0. The molecular weight excluding hydrogens is 438 g/mol. The van der Waals surface area contributed by atoms with Gasteiger partial charge in [-0.2, -0.15) is 0 Å². The fraction of sp³-hybridized carbons (Fsp3) is 0.136. The quantitative estimate of drug-likeness (QED) is 0.547. The summed E-state index contributed by atoms with van der Waals surface area (Å²) in [5.41, 5.74) is 1.38. The number of anilines is 1. The Balaban J connectivity index is 1.57. The summed E-state index contributed by atoms with van der Waals surface area (Å²) in [7, 11) is 0. The van der Waals surface area contributed by atoms with Crippen molar-refractivity contribution in [2.45, 2.75) is 18.2 Å². The number of thiophene rings is 1. The van der Waals surface area contributed by atoms with Gasteiger partial charge in [-0.3, -0.25) is 14.5 Å². The monoisotopic (exact) mass is 455 g/mol. The molecule has 2 aromatic carbocycles. The summed E-state index contributed by atoms with van der Waals surface area (Å²) in [5, 5.41) is 5.41. The number of nitrogens with one attached hydrogen (secondary N) is 1. The van der Waals surface area contributed by atoms with Crippen LogP contribution >= 0.6 is 34.7 Å². The van der Waals surface area contributed by atoms with E-state index in [4.69, 9.17) is 11.6 Å². The molecule has 2 heterocycles. The number of hydrogen-bond acceptors (Lipinski definition) is 5. The van der Waals surface area contributed by atoms with Crippen molar-refractivity contribution < 1.29 is 9.59 Å². The number of thioether (sulfide) groups is 1. The van der Waals surface area contributed by atoms with Crippen LogP contribution in [0, 0.1) is 0 Å². The maximum atomic E-state index is 13.0. The first kappa shape index (κ1) is 20.7. The highest BCUT2D eigenvalue weighted by Gasteiger charge is 2.36. The Morgan fingerprint density at radius 2 is 1.87 bits per heavy atom. The van der Waals surface area contributed by atoms with Gasteiger partial charge < -0.3 is 5.32 Å². The number of carbonyl (C=O) groups is 2. The number of para-hydroxylation sites is 1. The van der Waals surface area contributed by atoms with Crippen LogP contribution in [-0.2, 0) is 16.1 Å². The van der Waals surface area contributed by atoms with E-state index in [1.807, 2.05) is 47.8 Å². The minimum Gasteiger partial charge on any atom is -0.325 e. The lowest BCUT2D eigenvalue weighted by Gasteiger charge is -2.31. The highest BCUT2D eigenvalue weighted by atomic mass is 35.5. The van der Waals surface area contributed by atoms with Gasteiger partial charge in [-0.25, -0.2) is 4.99 Å². The van der Waals surface area contributed by atoms with E-state index in [1.54, 1.807) is 40.5 Å². The van der Waals surface area contributed by atoms with E-state index < -0.39 is 5.25 Å². The molecule has 1 aliphatic heterocycles. The van der Waals surface area contributed by atoms with E-state index in [2.05, 4.69) is 10.3 Å². The zero-order chi connectivity index (χ0) is 20.9. The topological polar surface area (TPSA) is 61.8 Å². The smallest absolute Gasteiger partial charge is 0.238 e. The van der Waals surface area contributed by atoms with Crippen molar-refractivity contribution in [3.8, 4) is 0 Å². The number of halogens is 1. The maximum Gasteiger partial charge on any atom is 0.238 e. The van der Waals surface area contributed by atoms with Crippen LogP contribution in [-0.4, -0.2) is 27.1 Å². The molecule has 2 amide bonds. The molecule has 1 aliphatic rings. The van der Waals surface area contributed by atoms with E-state index in [-0.39, 0.29) is 18.2 Å². The number of hydrogen-bond donors (Lipinski definition) is 1. The second-order valence-electron chi connectivity index (χ2n) is 6.60.